The first-order valence-corrected chi connectivity index (χ1v) is 11.3. The number of aliphatic hydroxyl groups excluding tert-OH is 1. The third kappa shape index (κ3) is 5.11. The Morgan fingerprint density at radius 1 is 1.06 bits per heavy atom. The second-order valence-electron chi connectivity index (χ2n) is 7.84. The Hall–Kier alpha value is -4.50. The molecular weight excluding hydrogens is 462 g/mol. The van der Waals surface area contributed by atoms with Crippen molar-refractivity contribution in [3.05, 3.63) is 82.9 Å². The lowest BCUT2D eigenvalue weighted by Gasteiger charge is -2.10. The fourth-order valence-corrected chi connectivity index (χ4v) is 3.71. The van der Waals surface area contributed by atoms with E-state index in [1.54, 1.807) is 49.4 Å². The van der Waals surface area contributed by atoms with Gasteiger partial charge in [-0.1, -0.05) is 30.3 Å². The molecule has 0 spiro atoms. The first-order chi connectivity index (χ1) is 17.4. The standard InChI is InChI=1S/C27H25N3O6/c1-3-36-27(34)20-15-21-22(16-25(20)35-2)29-30(28-21)23-14-17(11-12-31)13-19(26(23)33)9-10-24(32)18-7-5-4-6-8-18/h4-10,13-16,31,33H,3,11-12H2,1-2H3. The van der Waals surface area contributed by atoms with Crippen molar-refractivity contribution < 1.29 is 29.3 Å². The molecule has 0 aliphatic carbocycles. The average molecular weight is 488 g/mol. The molecule has 0 fully saturated rings. The first-order valence-electron chi connectivity index (χ1n) is 11.3. The third-order valence-corrected chi connectivity index (χ3v) is 5.46. The number of nitrogens with zero attached hydrogens (tertiary/aromatic N) is 3. The lowest BCUT2D eigenvalue weighted by atomic mass is 10.0. The number of ketones is 1. The zero-order valence-electron chi connectivity index (χ0n) is 19.8. The topological polar surface area (TPSA) is 124 Å². The highest BCUT2D eigenvalue weighted by molar-refractivity contribution is 6.07. The van der Waals surface area contributed by atoms with Gasteiger partial charge in [-0.25, -0.2) is 4.79 Å². The molecule has 0 unspecified atom stereocenters. The highest BCUT2D eigenvalue weighted by Crippen LogP contribution is 2.31. The number of allylic oxidation sites excluding steroid dienone is 1. The number of phenolic OH excluding ortho intramolecular Hbond substituents is 1. The number of esters is 1. The van der Waals surface area contributed by atoms with Gasteiger partial charge in [-0.2, -0.15) is 0 Å². The molecule has 0 bridgehead atoms. The van der Waals surface area contributed by atoms with Gasteiger partial charge in [0.15, 0.2) is 5.78 Å². The maximum atomic E-state index is 12.5. The summed E-state index contributed by atoms with van der Waals surface area (Å²) in [7, 11) is 1.44. The third-order valence-electron chi connectivity index (χ3n) is 5.46. The van der Waals surface area contributed by atoms with Gasteiger partial charge in [0.2, 0.25) is 0 Å². The van der Waals surface area contributed by atoms with E-state index in [-0.39, 0.29) is 41.7 Å². The molecule has 0 saturated carbocycles. The molecule has 9 nitrogen and oxygen atoms in total. The summed E-state index contributed by atoms with van der Waals surface area (Å²) in [6.45, 7) is 1.81. The van der Waals surface area contributed by atoms with Crippen LogP contribution in [0.3, 0.4) is 0 Å². The normalized spacial score (nSPS) is 11.2. The largest absolute Gasteiger partial charge is 0.505 e. The number of ether oxygens (including phenoxy) is 2. The quantitative estimate of drug-likeness (QED) is 0.208. The van der Waals surface area contributed by atoms with Crippen LogP contribution in [0.15, 0.2) is 60.7 Å². The van der Waals surface area contributed by atoms with Crippen molar-refractivity contribution in [3.8, 4) is 17.2 Å². The van der Waals surface area contributed by atoms with Crippen LogP contribution in [0.2, 0.25) is 0 Å². The molecule has 0 saturated heterocycles. The van der Waals surface area contributed by atoms with Crippen molar-refractivity contribution >= 4 is 28.9 Å². The van der Waals surface area contributed by atoms with E-state index >= 15 is 0 Å². The van der Waals surface area contributed by atoms with E-state index in [1.807, 2.05) is 6.07 Å². The Morgan fingerprint density at radius 2 is 1.78 bits per heavy atom. The van der Waals surface area contributed by atoms with E-state index in [4.69, 9.17) is 9.47 Å². The Labute approximate surface area is 207 Å². The number of phenols is 1. The Bertz CT molecular complexity index is 1440. The van der Waals surface area contributed by atoms with Gasteiger partial charge in [-0.05, 0) is 49.3 Å². The predicted molar refractivity (Wildman–Crippen MR) is 134 cm³/mol. The van der Waals surface area contributed by atoms with Gasteiger partial charge < -0.3 is 19.7 Å². The van der Waals surface area contributed by atoms with E-state index in [0.29, 0.717) is 34.1 Å². The molecule has 3 aromatic carbocycles. The van der Waals surface area contributed by atoms with Crippen molar-refractivity contribution in [2.45, 2.75) is 13.3 Å². The van der Waals surface area contributed by atoms with E-state index < -0.39 is 5.97 Å². The van der Waals surface area contributed by atoms with Crippen LogP contribution >= 0.6 is 0 Å². The maximum absolute atomic E-state index is 12.5. The van der Waals surface area contributed by atoms with Crippen molar-refractivity contribution in [3.63, 3.8) is 0 Å². The fourth-order valence-electron chi connectivity index (χ4n) is 3.71. The highest BCUT2D eigenvalue weighted by Gasteiger charge is 2.19. The number of aliphatic hydroxyl groups is 1. The van der Waals surface area contributed by atoms with E-state index in [9.17, 15) is 19.8 Å². The zero-order valence-corrected chi connectivity index (χ0v) is 19.8. The number of methoxy groups -OCH3 is 1. The van der Waals surface area contributed by atoms with Crippen molar-refractivity contribution in [2.75, 3.05) is 20.3 Å². The molecule has 0 aliphatic rings. The Kier molecular flexibility index (Phi) is 7.41. The minimum Gasteiger partial charge on any atom is -0.505 e. The van der Waals surface area contributed by atoms with Crippen molar-refractivity contribution in [1.29, 1.82) is 0 Å². The zero-order chi connectivity index (χ0) is 25.7. The summed E-state index contributed by atoms with van der Waals surface area (Å²) >= 11 is 0. The number of hydrogen-bond acceptors (Lipinski definition) is 8. The molecule has 0 radical (unpaired) electrons. The van der Waals surface area contributed by atoms with Crippen molar-refractivity contribution in [2.24, 2.45) is 0 Å². The smallest absolute Gasteiger partial charge is 0.341 e. The minimum absolute atomic E-state index is 0.106. The fraction of sp³-hybridized carbons (Fsp3) is 0.185. The van der Waals surface area contributed by atoms with E-state index in [0.717, 1.165) is 0 Å². The van der Waals surface area contributed by atoms with Gasteiger partial charge in [0, 0.05) is 23.8 Å². The van der Waals surface area contributed by atoms with Gasteiger partial charge in [0.25, 0.3) is 0 Å². The summed E-state index contributed by atoms with van der Waals surface area (Å²) in [6, 6.07) is 15.2. The van der Waals surface area contributed by atoms with Crippen LogP contribution in [0.1, 0.15) is 38.8 Å². The molecule has 0 atom stereocenters. The number of fused-ring (bicyclic) bond motifs is 1. The number of aromatic hydroxyl groups is 1. The van der Waals surface area contributed by atoms with Gasteiger partial charge in [-0.15, -0.1) is 15.0 Å². The van der Waals surface area contributed by atoms with Gasteiger partial charge in [-0.3, -0.25) is 4.79 Å². The molecule has 0 amide bonds. The molecule has 9 heteroatoms. The lowest BCUT2D eigenvalue weighted by molar-refractivity contribution is 0.0522. The van der Waals surface area contributed by atoms with Crippen LogP contribution in [0, 0.1) is 0 Å². The summed E-state index contributed by atoms with van der Waals surface area (Å²) in [6.07, 6.45) is 3.21. The molecule has 4 rings (SSSR count). The number of benzene rings is 3. The van der Waals surface area contributed by atoms with Crippen LogP contribution in [0.25, 0.3) is 22.8 Å². The minimum atomic E-state index is -0.547. The first kappa shape index (κ1) is 24.6. The van der Waals surface area contributed by atoms with Crippen LogP contribution in [0.4, 0.5) is 0 Å². The Morgan fingerprint density at radius 3 is 2.44 bits per heavy atom. The number of aromatic nitrogens is 3. The van der Waals surface area contributed by atoms with Gasteiger partial charge >= 0.3 is 5.97 Å². The van der Waals surface area contributed by atoms with Crippen LogP contribution in [0.5, 0.6) is 11.5 Å². The second kappa shape index (κ2) is 10.8. The monoisotopic (exact) mass is 487 g/mol. The summed E-state index contributed by atoms with van der Waals surface area (Å²) in [5.74, 6) is -0.624. The summed E-state index contributed by atoms with van der Waals surface area (Å²) < 4.78 is 10.4. The number of hydrogen-bond donors (Lipinski definition) is 2. The summed E-state index contributed by atoms with van der Waals surface area (Å²) in [5, 5.41) is 29.4. The molecule has 36 heavy (non-hydrogen) atoms. The van der Waals surface area contributed by atoms with Crippen molar-refractivity contribution in [1.82, 2.24) is 15.0 Å². The number of carbonyl (C=O) groups excluding carboxylic acids is 2. The van der Waals surface area contributed by atoms with Gasteiger partial charge in [0.05, 0.1) is 13.7 Å². The molecule has 184 valence electrons. The van der Waals surface area contributed by atoms with E-state index in [1.165, 1.54) is 30.1 Å². The SMILES string of the molecule is CCOC(=O)c1cc2nn(-c3cc(CCO)cc(C=CC(=O)c4ccccc4)c3O)nc2cc1OC. The van der Waals surface area contributed by atoms with Gasteiger partial charge in [0.1, 0.15) is 33.8 Å². The van der Waals surface area contributed by atoms with E-state index in [2.05, 4.69) is 10.2 Å². The van der Waals surface area contributed by atoms with Crippen LogP contribution < -0.4 is 4.74 Å². The average Bonchev–Trinajstić information content (AvgIpc) is 3.31. The second-order valence-corrected chi connectivity index (χ2v) is 7.84. The highest BCUT2D eigenvalue weighted by atomic mass is 16.5. The lowest BCUT2D eigenvalue weighted by Crippen LogP contribution is -2.06. The summed E-state index contributed by atoms with van der Waals surface area (Å²) in [5.41, 5.74) is 2.88. The van der Waals surface area contributed by atoms with Crippen LogP contribution in [-0.4, -0.2) is 57.3 Å². The summed E-state index contributed by atoms with van der Waals surface area (Å²) in [4.78, 5) is 26.1. The number of rotatable bonds is 9. The Balaban J connectivity index is 1.77. The maximum Gasteiger partial charge on any atom is 0.341 e. The molecule has 1 heterocycles. The van der Waals surface area contributed by atoms with Crippen LogP contribution in [-0.2, 0) is 11.2 Å². The predicted octanol–water partition coefficient (Wildman–Crippen LogP) is 3.74. The molecular formula is C27H25N3O6. The molecule has 2 N–H and O–H groups in total. The molecule has 1 aromatic heterocycles. The molecule has 4 aromatic rings. The number of carbonyl (C=O) groups is 2. The molecule has 0 aliphatic heterocycles.